The Morgan fingerprint density at radius 2 is 2.26 bits per heavy atom. The van der Waals surface area contributed by atoms with Crippen LogP contribution in [-0.4, -0.2) is 31.8 Å². The zero-order chi connectivity index (χ0) is 13.8. The van der Waals surface area contributed by atoms with Gasteiger partial charge in [0.1, 0.15) is 0 Å². The van der Waals surface area contributed by atoms with Crippen LogP contribution >= 0.6 is 0 Å². The van der Waals surface area contributed by atoms with Gasteiger partial charge < -0.3 is 14.8 Å². The second-order valence-electron chi connectivity index (χ2n) is 5.05. The molecule has 0 radical (unpaired) electrons. The zero-order valence-electron chi connectivity index (χ0n) is 11.7. The van der Waals surface area contributed by atoms with E-state index in [1.165, 1.54) is 7.11 Å². The molecule has 4 heteroatoms. The average Bonchev–Trinajstić information content (AvgIpc) is 2.82. The van der Waals surface area contributed by atoms with E-state index < -0.39 is 0 Å². The molecule has 2 unspecified atom stereocenters. The van der Waals surface area contributed by atoms with Gasteiger partial charge in [0.15, 0.2) is 0 Å². The Labute approximate surface area is 114 Å². The normalized spacial score (nSPS) is 22.3. The third-order valence-electron chi connectivity index (χ3n) is 3.49. The van der Waals surface area contributed by atoms with Crippen LogP contribution in [0.25, 0.3) is 0 Å². The number of ether oxygens (including phenoxy) is 2. The van der Waals surface area contributed by atoms with Crippen molar-refractivity contribution in [3.8, 4) is 0 Å². The van der Waals surface area contributed by atoms with Crippen LogP contribution in [0.3, 0.4) is 0 Å². The van der Waals surface area contributed by atoms with Crippen molar-refractivity contribution in [2.45, 2.75) is 38.9 Å². The summed E-state index contributed by atoms with van der Waals surface area (Å²) in [5.41, 5.74) is 2.65. The van der Waals surface area contributed by atoms with Gasteiger partial charge in [-0.1, -0.05) is 0 Å². The van der Waals surface area contributed by atoms with Crippen LogP contribution in [0.1, 0.15) is 35.7 Å². The van der Waals surface area contributed by atoms with Crippen molar-refractivity contribution in [3.05, 3.63) is 29.3 Å². The fourth-order valence-electron chi connectivity index (χ4n) is 2.37. The molecule has 1 N–H and O–H groups in total. The number of benzene rings is 1. The fraction of sp³-hybridized carbons (Fsp3) is 0.533. The molecular formula is C15H21NO3. The highest BCUT2D eigenvalue weighted by atomic mass is 16.5. The van der Waals surface area contributed by atoms with Gasteiger partial charge in [-0.2, -0.15) is 0 Å². The van der Waals surface area contributed by atoms with Crippen LogP contribution in [0.15, 0.2) is 18.2 Å². The molecule has 1 aliphatic rings. The van der Waals surface area contributed by atoms with E-state index in [1.807, 2.05) is 19.1 Å². The molecule has 0 spiro atoms. The predicted octanol–water partition coefficient (Wildman–Crippen LogP) is 2.76. The first-order chi connectivity index (χ1) is 9.10. The number of esters is 1. The summed E-state index contributed by atoms with van der Waals surface area (Å²) in [4.78, 5) is 11.4. The minimum absolute atomic E-state index is 0.287. The molecule has 4 nitrogen and oxygen atoms in total. The van der Waals surface area contributed by atoms with Crippen molar-refractivity contribution in [1.82, 2.24) is 0 Å². The number of hydrogen-bond donors (Lipinski definition) is 1. The summed E-state index contributed by atoms with van der Waals surface area (Å²) < 4.78 is 10.5. The first kappa shape index (κ1) is 13.9. The molecule has 1 aromatic rings. The third kappa shape index (κ3) is 3.47. The number of nitrogens with one attached hydrogen (secondary N) is 1. The molecule has 0 aromatic heterocycles. The quantitative estimate of drug-likeness (QED) is 0.849. The monoisotopic (exact) mass is 263 g/mol. The lowest BCUT2D eigenvalue weighted by atomic mass is 10.1. The fourth-order valence-corrected chi connectivity index (χ4v) is 2.37. The van der Waals surface area contributed by atoms with E-state index in [1.54, 1.807) is 6.07 Å². The largest absolute Gasteiger partial charge is 0.465 e. The van der Waals surface area contributed by atoms with Crippen LogP contribution in [-0.2, 0) is 9.47 Å². The van der Waals surface area contributed by atoms with E-state index in [0.29, 0.717) is 11.7 Å². The maximum atomic E-state index is 11.4. The van der Waals surface area contributed by atoms with Crippen LogP contribution in [0.5, 0.6) is 0 Å². The summed E-state index contributed by atoms with van der Waals surface area (Å²) in [6.45, 7) is 4.89. The van der Waals surface area contributed by atoms with Gasteiger partial charge in [-0.05, 0) is 50.5 Å². The molecule has 0 aliphatic carbocycles. The maximum absolute atomic E-state index is 11.4. The van der Waals surface area contributed by atoms with Gasteiger partial charge in [0.05, 0.1) is 24.9 Å². The summed E-state index contributed by atoms with van der Waals surface area (Å²) >= 11 is 0. The van der Waals surface area contributed by atoms with Gasteiger partial charge in [0.25, 0.3) is 0 Å². The van der Waals surface area contributed by atoms with E-state index in [0.717, 1.165) is 30.6 Å². The number of methoxy groups -OCH3 is 1. The van der Waals surface area contributed by atoms with Gasteiger partial charge in [-0.15, -0.1) is 0 Å². The number of anilines is 1. The molecule has 0 bridgehead atoms. The molecular weight excluding hydrogens is 242 g/mol. The van der Waals surface area contributed by atoms with E-state index in [2.05, 4.69) is 12.2 Å². The van der Waals surface area contributed by atoms with Crippen LogP contribution < -0.4 is 5.32 Å². The Morgan fingerprint density at radius 3 is 2.84 bits per heavy atom. The third-order valence-corrected chi connectivity index (χ3v) is 3.49. The van der Waals surface area contributed by atoms with Crippen molar-refractivity contribution >= 4 is 11.7 Å². The van der Waals surface area contributed by atoms with Crippen molar-refractivity contribution in [2.24, 2.45) is 0 Å². The minimum Gasteiger partial charge on any atom is -0.465 e. The molecule has 19 heavy (non-hydrogen) atoms. The van der Waals surface area contributed by atoms with Gasteiger partial charge in [0.2, 0.25) is 0 Å². The minimum atomic E-state index is -0.303. The lowest BCUT2D eigenvalue weighted by Gasteiger charge is -2.15. The van der Waals surface area contributed by atoms with Crippen molar-refractivity contribution in [3.63, 3.8) is 0 Å². The Bertz CT molecular complexity index is 459. The number of carbonyl (C=O) groups excluding carboxylic acids is 1. The van der Waals surface area contributed by atoms with Crippen LogP contribution in [0.4, 0.5) is 5.69 Å². The lowest BCUT2D eigenvalue weighted by Crippen LogP contribution is -2.20. The molecule has 1 fully saturated rings. The van der Waals surface area contributed by atoms with Crippen LogP contribution in [0, 0.1) is 6.92 Å². The summed E-state index contributed by atoms with van der Waals surface area (Å²) in [6, 6.07) is 5.53. The summed E-state index contributed by atoms with van der Waals surface area (Å²) in [5.74, 6) is -0.303. The average molecular weight is 263 g/mol. The summed E-state index contributed by atoms with van der Waals surface area (Å²) in [5, 5.41) is 3.38. The highest BCUT2D eigenvalue weighted by Gasteiger charge is 2.21. The molecule has 104 valence electrons. The van der Waals surface area contributed by atoms with Gasteiger partial charge in [0, 0.05) is 12.2 Å². The second-order valence-corrected chi connectivity index (χ2v) is 5.05. The van der Waals surface area contributed by atoms with E-state index in [4.69, 9.17) is 9.47 Å². The molecule has 0 amide bonds. The van der Waals surface area contributed by atoms with E-state index in [-0.39, 0.29) is 12.1 Å². The van der Waals surface area contributed by atoms with E-state index >= 15 is 0 Å². The zero-order valence-corrected chi connectivity index (χ0v) is 11.7. The van der Waals surface area contributed by atoms with Crippen molar-refractivity contribution in [2.75, 3.05) is 19.0 Å². The predicted molar refractivity (Wildman–Crippen MR) is 74.6 cm³/mol. The summed E-state index contributed by atoms with van der Waals surface area (Å²) in [7, 11) is 1.39. The number of carbonyl (C=O) groups is 1. The number of aryl methyl sites for hydroxylation is 1. The Morgan fingerprint density at radius 1 is 1.47 bits per heavy atom. The topological polar surface area (TPSA) is 47.6 Å². The van der Waals surface area contributed by atoms with Crippen molar-refractivity contribution in [1.29, 1.82) is 0 Å². The Hall–Kier alpha value is -1.55. The Balaban J connectivity index is 1.95. The van der Waals surface area contributed by atoms with Gasteiger partial charge in [-0.25, -0.2) is 4.79 Å². The van der Waals surface area contributed by atoms with Gasteiger partial charge >= 0.3 is 5.97 Å². The second kappa shape index (κ2) is 6.06. The molecule has 1 aromatic carbocycles. The first-order valence-electron chi connectivity index (χ1n) is 6.68. The maximum Gasteiger partial charge on any atom is 0.337 e. The molecule has 1 heterocycles. The lowest BCUT2D eigenvalue weighted by molar-refractivity contribution is 0.0599. The SMILES string of the molecule is COC(=O)c1ccc(NCC2CCC(C)O2)c(C)c1. The molecule has 1 saturated heterocycles. The standard InChI is InChI=1S/C15H21NO3/c1-10-8-12(15(17)18-3)5-7-14(10)16-9-13-6-4-11(2)19-13/h5,7-8,11,13,16H,4,6,9H2,1-3H3. The van der Waals surface area contributed by atoms with Gasteiger partial charge in [-0.3, -0.25) is 0 Å². The number of rotatable bonds is 4. The molecule has 2 rings (SSSR count). The summed E-state index contributed by atoms with van der Waals surface area (Å²) in [6.07, 6.45) is 2.89. The Kier molecular flexibility index (Phi) is 4.43. The smallest absolute Gasteiger partial charge is 0.337 e. The highest BCUT2D eigenvalue weighted by molar-refractivity contribution is 5.90. The van der Waals surface area contributed by atoms with Crippen molar-refractivity contribution < 1.29 is 14.3 Å². The highest BCUT2D eigenvalue weighted by Crippen LogP contribution is 2.21. The first-order valence-corrected chi connectivity index (χ1v) is 6.68. The molecule has 1 aliphatic heterocycles. The van der Waals surface area contributed by atoms with E-state index in [9.17, 15) is 4.79 Å². The molecule has 0 saturated carbocycles. The van der Waals surface area contributed by atoms with Crippen LogP contribution in [0.2, 0.25) is 0 Å². The number of hydrogen-bond acceptors (Lipinski definition) is 4. The molecule has 2 atom stereocenters.